The molecule has 0 N–H and O–H groups in total. The van der Waals surface area contributed by atoms with Crippen LogP contribution < -0.4 is 0 Å². The first-order valence-electron chi connectivity index (χ1n) is 7.98. The smallest absolute Gasteiger partial charge is 0.00699 e. The fourth-order valence-corrected chi connectivity index (χ4v) is 4.69. The maximum atomic E-state index is 2.52. The molecule has 0 bridgehead atoms. The lowest BCUT2D eigenvalue weighted by molar-refractivity contribution is 0.164. The maximum absolute atomic E-state index is 2.52. The van der Waals surface area contributed by atoms with Gasteiger partial charge in [0, 0.05) is 5.25 Å². The molecule has 1 fully saturated rings. The molecule has 0 heterocycles. The van der Waals surface area contributed by atoms with Gasteiger partial charge in [0.15, 0.2) is 0 Å². The average Bonchev–Trinajstić information content (AvgIpc) is 2.34. The van der Waals surface area contributed by atoms with E-state index in [1.807, 2.05) is 0 Å². The van der Waals surface area contributed by atoms with Crippen LogP contribution in [0.1, 0.15) is 66.7 Å². The molecule has 0 saturated heterocycles. The summed E-state index contributed by atoms with van der Waals surface area (Å²) < 4.78 is 0. The maximum Gasteiger partial charge on any atom is 0.00699 e. The second-order valence-corrected chi connectivity index (χ2v) is 8.20. The van der Waals surface area contributed by atoms with Crippen molar-refractivity contribution in [2.45, 2.75) is 72.0 Å². The summed E-state index contributed by atoms with van der Waals surface area (Å²) in [7, 11) is 0. The Hall–Kier alpha value is 0.350. The Labute approximate surface area is 120 Å². The fraction of sp³-hybridized carbons (Fsp3) is 1.00. The van der Waals surface area contributed by atoms with E-state index in [0.29, 0.717) is 0 Å². The SMILES string of the molecule is CSC(CC(C)C(C)C1CCCC(C)C1)C(C)C. The van der Waals surface area contributed by atoms with Crippen molar-refractivity contribution in [2.75, 3.05) is 6.26 Å². The molecule has 0 amide bonds. The van der Waals surface area contributed by atoms with Gasteiger partial charge in [-0.3, -0.25) is 0 Å². The van der Waals surface area contributed by atoms with Gasteiger partial charge in [0.2, 0.25) is 0 Å². The van der Waals surface area contributed by atoms with Crippen molar-refractivity contribution in [3.63, 3.8) is 0 Å². The van der Waals surface area contributed by atoms with Gasteiger partial charge in [-0.1, -0.05) is 53.9 Å². The van der Waals surface area contributed by atoms with E-state index in [-0.39, 0.29) is 0 Å². The third kappa shape index (κ3) is 4.79. The van der Waals surface area contributed by atoms with E-state index in [0.717, 1.165) is 34.8 Å². The molecule has 18 heavy (non-hydrogen) atoms. The van der Waals surface area contributed by atoms with Crippen LogP contribution in [0.25, 0.3) is 0 Å². The molecule has 1 aliphatic rings. The van der Waals surface area contributed by atoms with Crippen molar-refractivity contribution in [3.8, 4) is 0 Å². The van der Waals surface area contributed by atoms with E-state index in [9.17, 15) is 0 Å². The van der Waals surface area contributed by atoms with Crippen LogP contribution in [0.5, 0.6) is 0 Å². The summed E-state index contributed by atoms with van der Waals surface area (Å²) in [5.41, 5.74) is 0. The van der Waals surface area contributed by atoms with E-state index < -0.39 is 0 Å². The predicted molar refractivity (Wildman–Crippen MR) is 86.2 cm³/mol. The molecule has 0 aliphatic heterocycles. The molecule has 0 aromatic rings. The standard InChI is InChI=1S/C17H34S/c1-12(2)17(18-6)11-14(4)15(5)16-9-7-8-13(3)10-16/h12-17H,7-11H2,1-6H3. The van der Waals surface area contributed by atoms with Crippen LogP contribution in [0, 0.1) is 29.6 Å². The fourth-order valence-electron chi connectivity index (χ4n) is 3.64. The van der Waals surface area contributed by atoms with Gasteiger partial charge in [0.25, 0.3) is 0 Å². The molecule has 5 atom stereocenters. The Morgan fingerprint density at radius 1 is 1.11 bits per heavy atom. The second kappa shape index (κ2) is 7.82. The van der Waals surface area contributed by atoms with Crippen molar-refractivity contribution < 1.29 is 0 Å². The Bertz CT molecular complexity index is 224. The van der Waals surface area contributed by atoms with Gasteiger partial charge in [-0.05, 0) is 48.7 Å². The molecule has 0 aromatic carbocycles. The summed E-state index contributed by atoms with van der Waals surface area (Å²) in [4.78, 5) is 0. The van der Waals surface area contributed by atoms with E-state index in [1.165, 1.54) is 32.1 Å². The van der Waals surface area contributed by atoms with Crippen LogP contribution in [0.4, 0.5) is 0 Å². The lowest BCUT2D eigenvalue weighted by Gasteiger charge is -2.36. The molecule has 1 rings (SSSR count). The van der Waals surface area contributed by atoms with E-state index in [1.54, 1.807) is 0 Å². The summed E-state index contributed by atoms with van der Waals surface area (Å²) >= 11 is 2.07. The van der Waals surface area contributed by atoms with Crippen molar-refractivity contribution in [2.24, 2.45) is 29.6 Å². The number of rotatable bonds is 6. The van der Waals surface area contributed by atoms with Crippen molar-refractivity contribution in [1.29, 1.82) is 0 Å². The van der Waals surface area contributed by atoms with Gasteiger partial charge in [0.05, 0.1) is 0 Å². The first-order chi connectivity index (χ1) is 8.45. The average molecular weight is 271 g/mol. The van der Waals surface area contributed by atoms with Crippen LogP contribution in [0.2, 0.25) is 0 Å². The monoisotopic (exact) mass is 270 g/mol. The van der Waals surface area contributed by atoms with Gasteiger partial charge >= 0.3 is 0 Å². The highest BCUT2D eigenvalue weighted by Crippen LogP contribution is 2.39. The summed E-state index contributed by atoms with van der Waals surface area (Å²) in [5.74, 6) is 4.60. The molecule has 0 aromatic heterocycles. The van der Waals surface area contributed by atoms with E-state index in [2.05, 4.69) is 52.6 Å². The van der Waals surface area contributed by atoms with Crippen LogP contribution in [0.3, 0.4) is 0 Å². The normalized spacial score (nSPS) is 30.2. The molecule has 1 heteroatoms. The van der Waals surface area contributed by atoms with Crippen LogP contribution in [0.15, 0.2) is 0 Å². The summed E-state index contributed by atoms with van der Waals surface area (Å²) in [6.07, 6.45) is 9.60. The van der Waals surface area contributed by atoms with Gasteiger partial charge < -0.3 is 0 Å². The molecule has 108 valence electrons. The molecular weight excluding hydrogens is 236 g/mol. The molecule has 5 unspecified atom stereocenters. The van der Waals surface area contributed by atoms with E-state index >= 15 is 0 Å². The topological polar surface area (TPSA) is 0 Å². The summed E-state index contributed by atoms with van der Waals surface area (Å²) in [6.45, 7) is 12.2. The quantitative estimate of drug-likeness (QED) is 0.582. The molecule has 0 nitrogen and oxygen atoms in total. The van der Waals surface area contributed by atoms with Crippen molar-refractivity contribution >= 4 is 11.8 Å². The molecule has 0 spiro atoms. The zero-order valence-electron chi connectivity index (χ0n) is 13.4. The molecular formula is C17H34S. The minimum absolute atomic E-state index is 0.819. The minimum Gasteiger partial charge on any atom is -0.162 e. The first-order valence-corrected chi connectivity index (χ1v) is 9.27. The Morgan fingerprint density at radius 2 is 1.78 bits per heavy atom. The summed E-state index contributed by atoms with van der Waals surface area (Å²) in [5, 5.41) is 0.850. The zero-order chi connectivity index (χ0) is 13.7. The van der Waals surface area contributed by atoms with Crippen molar-refractivity contribution in [3.05, 3.63) is 0 Å². The first kappa shape index (κ1) is 16.4. The number of hydrogen-bond acceptors (Lipinski definition) is 1. The number of thioether (sulfide) groups is 1. The van der Waals surface area contributed by atoms with Crippen LogP contribution >= 0.6 is 11.8 Å². The van der Waals surface area contributed by atoms with Crippen molar-refractivity contribution in [1.82, 2.24) is 0 Å². The highest BCUT2D eigenvalue weighted by molar-refractivity contribution is 7.99. The van der Waals surface area contributed by atoms with Gasteiger partial charge in [-0.15, -0.1) is 0 Å². The highest BCUT2D eigenvalue weighted by Gasteiger charge is 2.28. The second-order valence-electron chi connectivity index (χ2n) is 7.12. The third-order valence-electron chi connectivity index (χ3n) is 5.27. The largest absolute Gasteiger partial charge is 0.162 e. The zero-order valence-corrected chi connectivity index (χ0v) is 14.2. The number of hydrogen-bond donors (Lipinski definition) is 0. The molecule has 1 saturated carbocycles. The Balaban J connectivity index is 2.46. The Morgan fingerprint density at radius 3 is 2.28 bits per heavy atom. The van der Waals surface area contributed by atoms with E-state index in [4.69, 9.17) is 0 Å². The minimum atomic E-state index is 0.819. The van der Waals surface area contributed by atoms with Crippen LogP contribution in [-0.2, 0) is 0 Å². The molecule has 0 radical (unpaired) electrons. The third-order valence-corrected chi connectivity index (χ3v) is 6.61. The lowest BCUT2D eigenvalue weighted by atomic mass is 9.71. The van der Waals surface area contributed by atoms with Crippen LogP contribution in [-0.4, -0.2) is 11.5 Å². The highest BCUT2D eigenvalue weighted by atomic mass is 32.2. The Kier molecular flexibility index (Phi) is 7.13. The summed E-state index contributed by atoms with van der Waals surface area (Å²) in [6, 6.07) is 0. The van der Waals surface area contributed by atoms with Gasteiger partial charge in [-0.25, -0.2) is 0 Å². The lowest BCUT2D eigenvalue weighted by Crippen LogP contribution is -2.27. The predicted octanol–water partition coefficient (Wildman–Crippen LogP) is 5.86. The van der Waals surface area contributed by atoms with Gasteiger partial charge in [-0.2, -0.15) is 11.8 Å². The molecule has 1 aliphatic carbocycles. The van der Waals surface area contributed by atoms with Gasteiger partial charge in [0.1, 0.15) is 0 Å².